The molecule has 3 nitrogen and oxygen atoms in total. The molecular weight excluding hydrogens is 348 g/mol. The van der Waals surface area contributed by atoms with E-state index in [1.54, 1.807) is 12.1 Å². The molecule has 0 N–H and O–H groups in total. The molecule has 4 aromatic carbocycles. The SMILES string of the molecule is O=C(Oc1cccc(-c2ccccc2)c1)Oc1cccc(-c2ccccc2)c1. The summed E-state index contributed by atoms with van der Waals surface area (Å²) < 4.78 is 10.7. The molecule has 0 amide bonds. The van der Waals surface area contributed by atoms with Gasteiger partial charge in [-0.3, -0.25) is 0 Å². The lowest BCUT2D eigenvalue weighted by atomic mass is 10.1. The van der Waals surface area contributed by atoms with Crippen LogP contribution in [0.2, 0.25) is 0 Å². The summed E-state index contributed by atoms with van der Waals surface area (Å²) in [5.41, 5.74) is 4.04. The number of carbonyl (C=O) groups excluding carboxylic acids is 1. The van der Waals surface area contributed by atoms with Crippen LogP contribution in [0.3, 0.4) is 0 Å². The van der Waals surface area contributed by atoms with Crippen molar-refractivity contribution in [1.82, 2.24) is 0 Å². The van der Waals surface area contributed by atoms with Gasteiger partial charge >= 0.3 is 6.16 Å². The molecule has 4 rings (SSSR count). The summed E-state index contributed by atoms with van der Waals surface area (Å²) in [5, 5.41) is 0. The first-order chi connectivity index (χ1) is 13.8. The highest BCUT2D eigenvalue weighted by Gasteiger charge is 2.10. The average molecular weight is 366 g/mol. The molecule has 4 aromatic rings. The number of benzene rings is 4. The standard InChI is InChI=1S/C25H18O3/c26-25(27-23-15-7-13-21(17-23)19-9-3-1-4-10-19)28-24-16-8-14-22(18-24)20-11-5-2-6-12-20/h1-18H. The summed E-state index contributed by atoms with van der Waals surface area (Å²) >= 11 is 0. The lowest BCUT2D eigenvalue weighted by Crippen LogP contribution is -2.13. The third-order valence-corrected chi connectivity index (χ3v) is 4.28. The Morgan fingerprint density at radius 3 is 1.29 bits per heavy atom. The second-order valence-corrected chi connectivity index (χ2v) is 6.24. The maximum Gasteiger partial charge on any atom is 0.519 e. The number of rotatable bonds is 4. The lowest BCUT2D eigenvalue weighted by Gasteiger charge is -2.09. The molecule has 0 spiro atoms. The van der Waals surface area contributed by atoms with Crippen LogP contribution in [0.25, 0.3) is 22.3 Å². The molecular formula is C25H18O3. The quantitative estimate of drug-likeness (QED) is 0.301. The van der Waals surface area contributed by atoms with Gasteiger partial charge in [0, 0.05) is 0 Å². The van der Waals surface area contributed by atoms with Gasteiger partial charge in [-0.25, -0.2) is 4.79 Å². The van der Waals surface area contributed by atoms with E-state index in [4.69, 9.17) is 9.47 Å². The van der Waals surface area contributed by atoms with Gasteiger partial charge in [0.2, 0.25) is 0 Å². The van der Waals surface area contributed by atoms with Crippen LogP contribution in [0, 0.1) is 0 Å². The van der Waals surface area contributed by atoms with Crippen molar-refractivity contribution >= 4 is 6.16 Å². The predicted molar refractivity (Wildman–Crippen MR) is 110 cm³/mol. The van der Waals surface area contributed by atoms with Gasteiger partial charge < -0.3 is 9.47 Å². The van der Waals surface area contributed by atoms with E-state index in [1.807, 2.05) is 97.1 Å². The van der Waals surface area contributed by atoms with Gasteiger partial charge in [0.25, 0.3) is 0 Å². The van der Waals surface area contributed by atoms with E-state index in [2.05, 4.69) is 0 Å². The van der Waals surface area contributed by atoms with Gasteiger partial charge in [-0.15, -0.1) is 0 Å². The zero-order valence-electron chi connectivity index (χ0n) is 15.1. The molecule has 0 unspecified atom stereocenters. The first-order valence-corrected chi connectivity index (χ1v) is 8.98. The zero-order valence-corrected chi connectivity index (χ0v) is 15.1. The number of carbonyl (C=O) groups is 1. The fourth-order valence-electron chi connectivity index (χ4n) is 2.95. The highest BCUT2D eigenvalue weighted by molar-refractivity contribution is 5.71. The van der Waals surface area contributed by atoms with Crippen LogP contribution < -0.4 is 9.47 Å². The van der Waals surface area contributed by atoms with E-state index in [1.165, 1.54) is 0 Å². The Balaban J connectivity index is 1.47. The fourth-order valence-corrected chi connectivity index (χ4v) is 2.95. The average Bonchev–Trinajstić information content (AvgIpc) is 2.75. The molecule has 0 aromatic heterocycles. The van der Waals surface area contributed by atoms with Crippen LogP contribution in [-0.4, -0.2) is 6.16 Å². The third-order valence-electron chi connectivity index (χ3n) is 4.28. The van der Waals surface area contributed by atoms with Crippen LogP contribution in [0.5, 0.6) is 11.5 Å². The molecule has 0 aliphatic carbocycles. The van der Waals surface area contributed by atoms with Crippen LogP contribution >= 0.6 is 0 Å². The summed E-state index contributed by atoms with van der Waals surface area (Å²) in [6.45, 7) is 0. The molecule has 0 aliphatic rings. The van der Waals surface area contributed by atoms with Crippen molar-refractivity contribution in [2.45, 2.75) is 0 Å². The van der Waals surface area contributed by atoms with Crippen LogP contribution in [0.1, 0.15) is 0 Å². The minimum absolute atomic E-state index is 0.436. The van der Waals surface area contributed by atoms with E-state index in [0.717, 1.165) is 22.3 Å². The lowest BCUT2D eigenvalue weighted by molar-refractivity contribution is 0.152. The predicted octanol–water partition coefficient (Wildman–Crippen LogP) is 6.60. The van der Waals surface area contributed by atoms with Gasteiger partial charge in [0.05, 0.1) is 0 Å². The summed E-state index contributed by atoms with van der Waals surface area (Å²) in [7, 11) is 0. The topological polar surface area (TPSA) is 35.5 Å². The first-order valence-electron chi connectivity index (χ1n) is 8.98. The Bertz CT molecular complexity index is 986. The Kier molecular flexibility index (Phi) is 5.16. The minimum atomic E-state index is -0.768. The van der Waals surface area contributed by atoms with Crippen molar-refractivity contribution in [3.05, 3.63) is 109 Å². The number of hydrogen-bond acceptors (Lipinski definition) is 3. The maximum absolute atomic E-state index is 12.2. The van der Waals surface area contributed by atoms with E-state index < -0.39 is 6.16 Å². The third kappa shape index (κ3) is 4.27. The van der Waals surface area contributed by atoms with Gasteiger partial charge in [-0.2, -0.15) is 0 Å². The molecule has 136 valence electrons. The van der Waals surface area contributed by atoms with Gasteiger partial charge in [0.15, 0.2) is 0 Å². The summed E-state index contributed by atoms with van der Waals surface area (Å²) in [6.07, 6.45) is -0.768. The van der Waals surface area contributed by atoms with Gasteiger partial charge in [-0.05, 0) is 46.5 Å². The van der Waals surface area contributed by atoms with E-state index >= 15 is 0 Å². The summed E-state index contributed by atoms with van der Waals surface area (Å²) in [4.78, 5) is 12.2. The normalized spacial score (nSPS) is 10.3. The van der Waals surface area contributed by atoms with Crippen molar-refractivity contribution < 1.29 is 14.3 Å². The highest BCUT2D eigenvalue weighted by Crippen LogP contribution is 2.26. The van der Waals surface area contributed by atoms with Crippen molar-refractivity contribution in [3.8, 4) is 33.8 Å². The molecule has 0 saturated carbocycles. The van der Waals surface area contributed by atoms with Gasteiger partial charge in [0.1, 0.15) is 11.5 Å². The monoisotopic (exact) mass is 366 g/mol. The molecule has 0 fully saturated rings. The molecule has 0 aliphatic heterocycles. The van der Waals surface area contributed by atoms with Crippen molar-refractivity contribution in [1.29, 1.82) is 0 Å². The minimum Gasteiger partial charge on any atom is -0.395 e. The number of hydrogen-bond donors (Lipinski definition) is 0. The van der Waals surface area contributed by atoms with Crippen LogP contribution in [0.4, 0.5) is 4.79 Å². The van der Waals surface area contributed by atoms with E-state index in [0.29, 0.717) is 11.5 Å². The summed E-state index contributed by atoms with van der Waals surface area (Å²) in [6, 6.07) is 34.6. The molecule has 3 heteroatoms. The smallest absolute Gasteiger partial charge is 0.395 e. The Labute approximate surface area is 163 Å². The van der Waals surface area contributed by atoms with E-state index in [9.17, 15) is 4.79 Å². The van der Waals surface area contributed by atoms with Crippen LogP contribution in [0.15, 0.2) is 109 Å². The number of ether oxygens (including phenoxy) is 2. The molecule has 0 bridgehead atoms. The molecule has 0 heterocycles. The maximum atomic E-state index is 12.2. The zero-order chi connectivity index (χ0) is 19.2. The summed E-state index contributed by atoms with van der Waals surface area (Å²) in [5.74, 6) is 0.871. The van der Waals surface area contributed by atoms with Crippen molar-refractivity contribution in [2.75, 3.05) is 0 Å². The van der Waals surface area contributed by atoms with Crippen LogP contribution in [-0.2, 0) is 0 Å². The Morgan fingerprint density at radius 1 is 0.464 bits per heavy atom. The van der Waals surface area contributed by atoms with Gasteiger partial charge in [-0.1, -0.05) is 84.9 Å². The molecule has 0 saturated heterocycles. The Hall–Kier alpha value is -3.85. The largest absolute Gasteiger partial charge is 0.519 e. The highest BCUT2D eigenvalue weighted by atomic mass is 16.7. The Morgan fingerprint density at radius 2 is 0.857 bits per heavy atom. The van der Waals surface area contributed by atoms with E-state index in [-0.39, 0.29) is 0 Å². The molecule has 0 radical (unpaired) electrons. The second kappa shape index (κ2) is 8.23. The fraction of sp³-hybridized carbons (Fsp3) is 0. The van der Waals surface area contributed by atoms with Crippen molar-refractivity contribution in [3.63, 3.8) is 0 Å². The first kappa shape index (κ1) is 17.6. The second-order valence-electron chi connectivity index (χ2n) is 6.24. The molecule has 0 atom stereocenters. The van der Waals surface area contributed by atoms with Crippen molar-refractivity contribution in [2.24, 2.45) is 0 Å². The molecule has 28 heavy (non-hydrogen) atoms.